The fraction of sp³-hybridized carbons (Fsp3) is 0.111. The molecule has 0 bridgehead atoms. The van der Waals surface area contributed by atoms with Gasteiger partial charge in [0.15, 0.2) is 0 Å². The molecule has 3 aromatic heterocycles. The number of halogens is 1. The number of hydrogen-bond donors (Lipinski definition) is 1. The molecule has 5 heteroatoms. The lowest BCUT2D eigenvalue weighted by molar-refractivity contribution is 0.991. The number of H-pyrrole nitrogens is 1. The predicted octanol–water partition coefficient (Wildman–Crippen LogP) is 4.61. The van der Waals surface area contributed by atoms with Gasteiger partial charge in [0.2, 0.25) is 0 Å². The highest BCUT2D eigenvalue weighted by Crippen LogP contribution is 2.31. The Balaban J connectivity index is 1.91. The number of aryl methyl sites for hydroxylation is 1. The van der Waals surface area contributed by atoms with Crippen molar-refractivity contribution in [3.8, 4) is 22.5 Å². The summed E-state index contributed by atoms with van der Waals surface area (Å²) in [7, 11) is 0. The maximum atomic E-state index is 6.15. The Bertz CT molecular complexity index is 984. The third-order valence-electron chi connectivity index (χ3n) is 3.86. The van der Waals surface area contributed by atoms with Crippen LogP contribution in [-0.4, -0.2) is 19.4 Å². The zero-order valence-corrected chi connectivity index (χ0v) is 13.4. The molecule has 0 unspecified atom stereocenters. The van der Waals surface area contributed by atoms with Gasteiger partial charge in [-0.1, -0.05) is 30.7 Å². The number of aromatic amines is 1. The van der Waals surface area contributed by atoms with Crippen LogP contribution < -0.4 is 0 Å². The van der Waals surface area contributed by atoms with Gasteiger partial charge in [-0.05, 0) is 24.3 Å². The number of imidazole rings is 2. The zero-order chi connectivity index (χ0) is 15.8. The van der Waals surface area contributed by atoms with Crippen LogP contribution in [0.1, 0.15) is 12.7 Å². The van der Waals surface area contributed by atoms with E-state index in [-0.39, 0.29) is 0 Å². The summed E-state index contributed by atoms with van der Waals surface area (Å²) in [4.78, 5) is 12.5. The first-order valence-corrected chi connectivity index (χ1v) is 7.90. The Kier molecular flexibility index (Phi) is 3.39. The number of hydrogen-bond acceptors (Lipinski definition) is 2. The summed E-state index contributed by atoms with van der Waals surface area (Å²) in [6, 6.07) is 11.9. The van der Waals surface area contributed by atoms with Crippen molar-refractivity contribution in [2.45, 2.75) is 13.3 Å². The van der Waals surface area contributed by atoms with Crippen molar-refractivity contribution in [3.05, 3.63) is 65.8 Å². The average Bonchev–Trinajstić information content (AvgIpc) is 3.20. The van der Waals surface area contributed by atoms with Crippen molar-refractivity contribution < 1.29 is 0 Å². The van der Waals surface area contributed by atoms with Crippen molar-refractivity contribution in [2.75, 3.05) is 0 Å². The van der Waals surface area contributed by atoms with Gasteiger partial charge >= 0.3 is 0 Å². The van der Waals surface area contributed by atoms with Gasteiger partial charge in [-0.15, -0.1) is 0 Å². The molecule has 0 fully saturated rings. The van der Waals surface area contributed by atoms with Gasteiger partial charge in [0, 0.05) is 41.2 Å². The smallest absolute Gasteiger partial charge is 0.136 e. The zero-order valence-electron chi connectivity index (χ0n) is 12.6. The third kappa shape index (κ3) is 2.51. The predicted molar refractivity (Wildman–Crippen MR) is 92.6 cm³/mol. The second kappa shape index (κ2) is 5.56. The van der Waals surface area contributed by atoms with Crippen LogP contribution in [0.25, 0.3) is 28.2 Å². The Morgan fingerprint density at radius 3 is 2.91 bits per heavy atom. The molecular formula is C18H15ClN4. The molecule has 23 heavy (non-hydrogen) atoms. The van der Waals surface area contributed by atoms with Crippen LogP contribution in [0.2, 0.25) is 5.02 Å². The Labute approximate surface area is 138 Å². The maximum Gasteiger partial charge on any atom is 0.136 e. The van der Waals surface area contributed by atoms with Crippen molar-refractivity contribution in [1.82, 2.24) is 19.4 Å². The molecule has 3 heterocycles. The van der Waals surface area contributed by atoms with E-state index in [1.165, 1.54) is 0 Å². The second-order valence-corrected chi connectivity index (χ2v) is 5.82. The van der Waals surface area contributed by atoms with Gasteiger partial charge in [0.25, 0.3) is 0 Å². The molecule has 0 aliphatic rings. The molecule has 4 aromatic rings. The van der Waals surface area contributed by atoms with E-state index in [9.17, 15) is 0 Å². The lowest BCUT2D eigenvalue weighted by Gasteiger charge is -2.04. The number of benzene rings is 1. The van der Waals surface area contributed by atoms with Gasteiger partial charge < -0.3 is 9.38 Å². The first-order chi connectivity index (χ1) is 11.2. The van der Waals surface area contributed by atoms with E-state index < -0.39 is 0 Å². The largest absolute Gasteiger partial charge is 0.341 e. The maximum absolute atomic E-state index is 6.15. The van der Waals surface area contributed by atoms with Crippen LogP contribution in [0, 0.1) is 0 Å². The number of fused-ring (bicyclic) bond motifs is 1. The molecule has 1 aromatic carbocycles. The SMILES string of the molecule is CCc1nc(-c2ccc3nccn3c2)c(-c2cccc(Cl)c2)[nH]1. The molecule has 0 saturated carbocycles. The summed E-state index contributed by atoms with van der Waals surface area (Å²) >= 11 is 6.15. The number of rotatable bonds is 3. The highest BCUT2D eigenvalue weighted by Gasteiger charge is 2.14. The molecular weight excluding hydrogens is 308 g/mol. The van der Waals surface area contributed by atoms with Crippen LogP contribution in [0.5, 0.6) is 0 Å². The minimum atomic E-state index is 0.714. The average molecular weight is 323 g/mol. The van der Waals surface area contributed by atoms with Gasteiger partial charge in [-0.25, -0.2) is 9.97 Å². The van der Waals surface area contributed by atoms with Gasteiger partial charge in [0.05, 0.1) is 11.4 Å². The lowest BCUT2D eigenvalue weighted by Crippen LogP contribution is -1.88. The summed E-state index contributed by atoms with van der Waals surface area (Å²) in [5, 5.41) is 0.714. The van der Waals surface area contributed by atoms with Crippen LogP contribution in [0.4, 0.5) is 0 Å². The van der Waals surface area contributed by atoms with E-state index in [1.807, 2.05) is 53.2 Å². The van der Waals surface area contributed by atoms with E-state index in [1.54, 1.807) is 6.20 Å². The van der Waals surface area contributed by atoms with E-state index >= 15 is 0 Å². The fourth-order valence-corrected chi connectivity index (χ4v) is 2.90. The topological polar surface area (TPSA) is 46.0 Å². The van der Waals surface area contributed by atoms with E-state index in [0.717, 1.165) is 40.4 Å². The van der Waals surface area contributed by atoms with Crippen LogP contribution in [0.15, 0.2) is 55.0 Å². The summed E-state index contributed by atoms with van der Waals surface area (Å²) in [5.74, 6) is 0.959. The molecule has 0 aliphatic heterocycles. The monoisotopic (exact) mass is 322 g/mol. The standard InChI is InChI=1S/C18H15ClN4/c1-2-15-21-17(12-4-3-5-14(19)10-12)18(22-15)13-6-7-16-20-8-9-23(16)11-13/h3-11H,2H2,1H3,(H,21,22). The van der Waals surface area contributed by atoms with E-state index in [0.29, 0.717) is 5.02 Å². The van der Waals surface area contributed by atoms with Crippen molar-refractivity contribution in [3.63, 3.8) is 0 Å². The van der Waals surface area contributed by atoms with Gasteiger partial charge in [0.1, 0.15) is 11.5 Å². The van der Waals surface area contributed by atoms with E-state index in [4.69, 9.17) is 16.6 Å². The van der Waals surface area contributed by atoms with Crippen molar-refractivity contribution in [2.24, 2.45) is 0 Å². The number of nitrogens with one attached hydrogen (secondary N) is 1. The molecule has 0 atom stereocenters. The van der Waals surface area contributed by atoms with Crippen LogP contribution >= 0.6 is 11.6 Å². The highest BCUT2D eigenvalue weighted by molar-refractivity contribution is 6.30. The Morgan fingerprint density at radius 1 is 1.17 bits per heavy atom. The minimum absolute atomic E-state index is 0.714. The molecule has 4 nitrogen and oxygen atoms in total. The lowest BCUT2D eigenvalue weighted by atomic mass is 10.1. The fourth-order valence-electron chi connectivity index (χ4n) is 2.71. The van der Waals surface area contributed by atoms with E-state index in [2.05, 4.69) is 16.9 Å². The Hall–Kier alpha value is -2.59. The number of aromatic nitrogens is 4. The first-order valence-electron chi connectivity index (χ1n) is 7.52. The molecule has 1 N–H and O–H groups in total. The summed E-state index contributed by atoms with van der Waals surface area (Å²) in [6.07, 6.45) is 6.62. The normalized spacial score (nSPS) is 11.2. The Morgan fingerprint density at radius 2 is 2.09 bits per heavy atom. The minimum Gasteiger partial charge on any atom is -0.341 e. The van der Waals surface area contributed by atoms with Crippen LogP contribution in [-0.2, 0) is 6.42 Å². The second-order valence-electron chi connectivity index (χ2n) is 5.38. The van der Waals surface area contributed by atoms with Gasteiger partial charge in [-0.3, -0.25) is 0 Å². The summed E-state index contributed by atoms with van der Waals surface area (Å²) in [5.41, 5.74) is 4.92. The number of pyridine rings is 1. The number of nitrogens with zero attached hydrogens (tertiary/aromatic N) is 3. The first kappa shape index (κ1) is 14.0. The molecule has 0 saturated heterocycles. The third-order valence-corrected chi connectivity index (χ3v) is 4.10. The van der Waals surface area contributed by atoms with Crippen molar-refractivity contribution >= 4 is 17.2 Å². The summed E-state index contributed by atoms with van der Waals surface area (Å²) in [6.45, 7) is 2.09. The van der Waals surface area contributed by atoms with Gasteiger partial charge in [-0.2, -0.15) is 0 Å². The molecule has 0 radical (unpaired) electrons. The highest BCUT2D eigenvalue weighted by atomic mass is 35.5. The summed E-state index contributed by atoms with van der Waals surface area (Å²) < 4.78 is 2.00. The molecule has 0 aliphatic carbocycles. The van der Waals surface area contributed by atoms with Crippen LogP contribution in [0.3, 0.4) is 0 Å². The molecule has 0 spiro atoms. The molecule has 0 amide bonds. The van der Waals surface area contributed by atoms with Crippen molar-refractivity contribution in [1.29, 1.82) is 0 Å². The molecule has 4 rings (SSSR count). The molecule has 114 valence electrons. The quantitative estimate of drug-likeness (QED) is 0.599.